The van der Waals surface area contributed by atoms with Gasteiger partial charge in [-0.05, 0) is 36.4 Å². The zero-order chi connectivity index (χ0) is 25.1. The van der Waals surface area contributed by atoms with Gasteiger partial charge in [0.2, 0.25) is 0 Å². The SMILES string of the molecule is COCc1cccc(CNC(=O)c2nc(-c3ccc4ncccc4c3)c(-c3ccn(C)n3)nc2N)n1. The van der Waals surface area contributed by atoms with Crippen LogP contribution in [0.3, 0.4) is 0 Å². The number of nitrogen functional groups attached to an aromatic ring is 1. The number of anilines is 1. The summed E-state index contributed by atoms with van der Waals surface area (Å²) in [5.41, 5.74) is 10.9. The summed E-state index contributed by atoms with van der Waals surface area (Å²) in [5, 5.41) is 8.25. The number of nitrogens with zero attached hydrogens (tertiary/aromatic N) is 6. The van der Waals surface area contributed by atoms with Gasteiger partial charge in [-0.25, -0.2) is 9.97 Å². The Bertz CT molecular complexity index is 1560. The first-order valence-corrected chi connectivity index (χ1v) is 11.3. The Balaban J connectivity index is 1.52. The van der Waals surface area contributed by atoms with Crippen molar-refractivity contribution in [1.29, 1.82) is 0 Å². The summed E-state index contributed by atoms with van der Waals surface area (Å²) in [6, 6.07) is 17.0. The third-order valence-corrected chi connectivity index (χ3v) is 5.56. The molecule has 36 heavy (non-hydrogen) atoms. The van der Waals surface area contributed by atoms with Crippen LogP contribution in [0.1, 0.15) is 21.9 Å². The number of ether oxygens (including phenoxy) is 1. The number of methoxy groups -OCH3 is 1. The standard InChI is InChI=1S/C26H24N8O2/c1-34-12-10-21(33-34)23-22(17-8-9-20-16(13-17)5-4-11-28-20)31-24(25(27)32-23)26(35)29-14-18-6-3-7-19(30-18)15-36-2/h3-13H,14-15H2,1-2H3,(H2,27,32)(H,29,35). The van der Waals surface area contributed by atoms with Crippen LogP contribution in [-0.2, 0) is 24.9 Å². The van der Waals surface area contributed by atoms with E-state index in [0.717, 1.165) is 22.2 Å². The molecule has 0 spiro atoms. The van der Waals surface area contributed by atoms with Gasteiger partial charge in [0.05, 0.1) is 35.8 Å². The van der Waals surface area contributed by atoms with E-state index < -0.39 is 5.91 Å². The lowest BCUT2D eigenvalue weighted by atomic mass is 10.0. The lowest BCUT2D eigenvalue weighted by Gasteiger charge is -2.12. The molecule has 0 saturated carbocycles. The summed E-state index contributed by atoms with van der Waals surface area (Å²) in [6.45, 7) is 0.594. The zero-order valence-corrected chi connectivity index (χ0v) is 19.8. The maximum atomic E-state index is 13.1. The number of fused-ring (bicyclic) bond motifs is 1. The molecule has 4 heterocycles. The number of carbonyl (C=O) groups is 1. The number of aromatic nitrogens is 6. The maximum absolute atomic E-state index is 13.1. The molecule has 10 heteroatoms. The van der Waals surface area contributed by atoms with Crippen LogP contribution in [0.4, 0.5) is 5.82 Å². The third kappa shape index (κ3) is 4.75. The van der Waals surface area contributed by atoms with Crippen molar-refractivity contribution in [3.8, 4) is 22.6 Å². The molecule has 0 aliphatic carbocycles. The number of benzene rings is 1. The molecule has 0 aliphatic heterocycles. The molecule has 0 radical (unpaired) electrons. The topological polar surface area (TPSA) is 134 Å². The van der Waals surface area contributed by atoms with E-state index in [-0.39, 0.29) is 18.1 Å². The van der Waals surface area contributed by atoms with E-state index in [1.54, 1.807) is 18.0 Å². The van der Waals surface area contributed by atoms with Gasteiger partial charge in [0.1, 0.15) is 11.4 Å². The van der Waals surface area contributed by atoms with Gasteiger partial charge in [-0.15, -0.1) is 0 Å². The molecule has 0 unspecified atom stereocenters. The Morgan fingerprint density at radius 3 is 2.69 bits per heavy atom. The van der Waals surface area contributed by atoms with Crippen molar-refractivity contribution in [2.24, 2.45) is 7.05 Å². The van der Waals surface area contributed by atoms with Gasteiger partial charge < -0.3 is 15.8 Å². The second-order valence-corrected chi connectivity index (χ2v) is 8.18. The molecule has 0 saturated heterocycles. The van der Waals surface area contributed by atoms with E-state index in [1.165, 1.54) is 0 Å². The fourth-order valence-corrected chi connectivity index (χ4v) is 3.87. The van der Waals surface area contributed by atoms with Crippen molar-refractivity contribution in [3.05, 3.63) is 84.1 Å². The number of rotatable bonds is 7. The summed E-state index contributed by atoms with van der Waals surface area (Å²) >= 11 is 0. The number of carbonyl (C=O) groups excluding carboxylic acids is 1. The van der Waals surface area contributed by atoms with Crippen molar-refractivity contribution in [2.45, 2.75) is 13.2 Å². The highest BCUT2D eigenvalue weighted by atomic mass is 16.5. The highest BCUT2D eigenvalue weighted by Crippen LogP contribution is 2.31. The first-order valence-electron chi connectivity index (χ1n) is 11.3. The molecule has 0 atom stereocenters. The van der Waals surface area contributed by atoms with Gasteiger partial charge in [-0.1, -0.05) is 18.2 Å². The van der Waals surface area contributed by atoms with Gasteiger partial charge >= 0.3 is 0 Å². The summed E-state index contributed by atoms with van der Waals surface area (Å²) in [4.78, 5) is 31.2. The van der Waals surface area contributed by atoms with Crippen LogP contribution in [0.5, 0.6) is 0 Å². The number of nitrogens with one attached hydrogen (secondary N) is 1. The van der Waals surface area contributed by atoms with Crippen LogP contribution < -0.4 is 11.1 Å². The molecule has 0 fully saturated rings. The smallest absolute Gasteiger partial charge is 0.274 e. The van der Waals surface area contributed by atoms with Crippen molar-refractivity contribution < 1.29 is 9.53 Å². The largest absolute Gasteiger partial charge is 0.382 e. The van der Waals surface area contributed by atoms with E-state index in [0.29, 0.717) is 29.4 Å². The molecule has 1 aromatic carbocycles. The molecule has 1 amide bonds. The Labute approximate surface area is 207 Å². The molecule has 4 aromatic heterocycles. The first kappa shape index (κ1) is 23.1. The fraction of sp³-hybridized carbons (Fsp3) is 0.154. The van der Waals surface area contributed by atoms with Gasteiger partial charge in [0.25, 0.3) is 5.91 Å². The summed E-state index contributed by atoms with van der Waals surface area (Å²) in [6.07, 6.45) is 3.55. The second kappa shape index (κ2) is 9.88. The average molecular weight is 481 g/mol. The van der Waals surface area contributed by atoms with Gasteiger partial charge in [0, 0.05) is 37.5 Å². The van der Waals surface area contributed by atoms with E-state index in [9.17, 15) is 4.79 Å². The Kier molecular flexibility index (Phi) is 6.33. The second-order valence-electron chi connectivity index (χ2n) is 8.18. The Morgan fingerprint density at radius 2 is 1.89 bits per heavy atom. The molecule has 5 aromatic rings. The van der Waals surface area contributed by atoms with E-state index >= 15 is 0 Å². The molecular weight excluding hydrogens is 456 g/mol. The number of aryl methyl sites for hydroxylation is 1. The summed E-state index contributed by atoms with van der Waals surface area (Å²) < 4.78 is 6.80. The van der Waals surface area contributed by atoms with Crippen molar-refractivity contribution in [2.75, 3.05) is 12.8 Å². The van der Waals surface area contributed by atoms with Gasteiger partial charge in [-0.3, -0.25) is 19.4 Å². The quantitative estimate of drug-likeness (QED) is 0.363. The van der Waals surface area contributed by atoms with E-state index in [2.05, 4.69) is 30.4 Å². The minimum atomic E-state index is -0.449. The molecule has 180 valence electrons. The number of hydrogen-bond donors (Lipinski definition) is 2. The predicted molar refractivity (Wildman–Crippen MR) is 136 cm³/mol. The van der Waals surface area contributed by atoms with Crippen LogP contribution >= 0.6 is 0 Å². The molecule has 10 nitrogen and oxygen atoms in total. The minimum Gasteiger partial charge on any atom is -0.382 e. The number of pyridine rings is 2. The van der Waals surface area contributed by atoms with Crippen molar-refractivity contribution in [3.63, 3.8) is 0 Å². The number of hydrogen-bond acceptors (Lipinski definition) is 8. The van der Waals surface area contributed by atoms with Crippen LogP contribution in [-0.4, -0.2) is 42.7 Å². The van der Waals surface area contributed by atoms with Gasteiger partial charge in [0.15, 0.2) is 11.5 Å². The van der Waals surface area contributed by atoms with Gasteiger partial charge in [-0.2, -0.15) is 5.10 Å². The molecule has 0 aliphatic rings. The highest BCUT2D eigenvalue weighted by molar-refractivity contribution is 5.98. The van der Waals surface area contributed by atoms with Crippen LogP contribution in [0.15, 0.2) is 67.0 Å². The first-order chi connectivity index (χ1) is 17.5. The van der Waals surface area contributed by atoms with Crippen LogP contribution in [0.2, 0.25) is 0 Å². The third-order valence-electron chi connectivity index (χ3n) is 5.56. The van der Waals surface area contributed by atoms with Crippen molar-refractivity contribution in [1.82, 2.24) is 35.0 Å². The Hall–Kier alpha value is -4.70. The van der Waals surface area contributed by atoms with E-state index in [1.807, 2.05) is 67.8 Å². The van der Waals surface area contributed by atoms with Crippen molar-refractivity contribution >= 4 is 22.6 Å². The monoisotopic (exact) mass is 480 g/mol. The molecule has 0 bridgehead atoms. The highest BCUT2D eigenvalue weighted by Gasteiger charge is 2.21. The zero-order valence-electron chi connectivity index (χ0n) is 19.8. The normalized spacial score (nSPS) is 11.1. The molecule has 5 rings (SSSR count). The lowest BCUT2D eigenvalue weighted by Crippen LogP contribution is -2.26. The number of nitrogens with two attached hydrogens (primary N) is 1. The average Bonchev–Trinajstić information content (AvgIpc) is 3.33. The van der Waals surface area contributed by atoms with Crippen LogP contribution in [0, 0.1) is 0 Å². The summed E-state index contributed by atoms with van der Waals surface area (Å²) in [7, 11) is 3.43. The Morgan fingerprint density at radius 1 is 1.03 bits per heavy atom. The molecular formula is C26H24N8O2. The summed E-state index contributed by atoms with van der Waals surface area (Å²) in [5.74, 6) is -0.435. The minimum absolute atomic E-state index is 0.0143. The predicted octanol–water partition coefficient (Wildman–Crippen LogP) is 3.15. The molecule has 3 N–H and O–H groups in total. The number of amides is 1. The fourth-order valence-electron chi connectivity index (χ4n) is 3.87. The van der Waals surface area contributed by atoms with Crippen LogP contribution in [0.25, 0.3) is 33.5 Å². The lowest BCUT2D eigenvalue weighted by molar-refractivity contribution is 0.0946. The maximum Gasteiger partial charge on any atom is 0.274 e. The van der Waals surface area contributed by atoms with E-state index in [4.69, 9.17) is 10.5 Å².